The van der Waals surface area contributed by atoms with Crippen molar-refractivity contribution in [1.82, 2.24) is 19.6 Å². The molecule has 2 N–H and O–H groups in total. The number of imidazole rings is 1. The number of nitrogens with one attached hydrogen (secondary N) is 2. The van der Waals surface area contributed by atoms with Gasteiger partial charge in [0.15, 0.2) is 9.84 Å². The second-order valence-electron chi connectivity index (χ2n) is 9.90. The number of sulfone groups is 1. The molecule has 2 atom stereocenters. The Morgan fingerprint density at radius 3 is 2.69 bits per heavy atom. The highest BCUT2D eigenvalue weighted by Gasteiger charge is 2.33. The molecule has 0 unspecified atom stereocenters. The van der Waals surface area contributed by atoms with Gasteiger partial charge in [0.1, 0.15) is 17.1 Å². The summed E-state index contributed by atoms with van der Waals surface area (Å²) in [6, 6.07) is 8.33. The first kappa shape index (κ1) is 28.7. The Balaban J connectivity index is 1.61. The number of anilines is 1. The Hall–Kier alpha value is -3.27. The lowest BCUT2D eigenvalue weighted by molar-refractivity contribution is -0.128. The van der Waals surface area contributed by atoms with E-state index >= 15 is 0 Å². The number of alkyl halides is 3. The minimum absolute atomic E-state index is 0.00947. The molecule has 3 aromatic rings. The average Bonchev–Trinajstić information content (AvgIpc) is 3.44. The number of aromatic nitrogens is 2. The van der Waals surface area contributed by atoms with E-state index in [4.69, 9.17) is 4.74 Å². The number of likely N-dealkylation sites (N-methyl/N-ethyl adjacent to an activating group) is 1. The normalized spacial score (nSPS) is 17.8. The average molecular weight is 564 g/mol. The topological polar surface area (TPSA) is 88.0 Å². The number of fused-ring (bicyclic) bond motifs is 1. The van der Waals surface area contributed by atoms with Crippen LogP contribution in [0.25, 0.3) is 5.65 Å². The minimum Gasteiger partial charge on any atom is -0.495 e. The third-order valence-corrected chi connectivity index (χ3v) is 7.63. The molecular weight excluding hydrogens is 531 g/mol. The van der Waals surface area contributed by atoms with E-state index in [1.165, 1.54) is 23.6 Å². The lowest BCUT2D eigenvalue weighted by Gasteiger charge is -2.18. The van der Waals surface area contributed by atoms with Gasteiger partial charge in [-0.25, -0.2) is 13.4 Å². The first-order valence-corrected chi connectivity index (χ1v) is 14.3. The zero-order chi connectivity index (χ0) is 28.4. The molecule has 3 heterocycles. The van der Waals surface area contributed by atoms with Crippen molar-refractivity contribution in [2.75, 3.05) is 45.9 Å². The van der Waals surface area contributed by atoms with Crippen molar-refractivity contribution in [3.63, 3.8) is 0 Å². The van der Waals surface area contributed by atoms with Crippen molar-refractivity contribution in [2.24, 2.45) is 0 Å². The van der Waals surface area contributed by atoms with E-state index in [1.807, 2.05) is 20.2 Å². The molecule has 0 bridgehead atoms. The highest BCUT2D eigenvalue weighted by atomic mass is 32.2. The molecule has 1 aliphatic rings. The Kier molecular flexibility index (Phi) is 8.44. The van der Waals surface area contributed by atoms with Gasteiger partial charge in [-0.05, 0) is 51.1 Å². The Bertz CT molecular complexity index is 1510. The first-order valence-electron chi connectivity index (χ1n) is 12.4. The van der Waals surface area contributed by atoms with Crippen molar-refractivity contribution >= 4 is 21.2 Å². The van der Waals surface area contributed by atoms with Crippen LogP contribution < -0.4 is 15.4 Å². The predicted molar refractivity (Wildman–Crippen MR) is 144 cm³/mol. The van der Waals surface area contributed by atoms with Crippen molar-refractivity contribution in [2.45, 2.75) is 42.4 Å². The maximum atomic E-state index is 13.5. The lowest BCUT2D eigenvalue weighted by Crippen LogP contribution is -2.34. The van der Waals surface area contributed by atoms with E-state index in [0.717, 1.165) is 31.2 Å². The van der Waals surface area contributed by atoms with Crippen molar-refractivity contribution in [1.29, 1.82) is 0 Å². The lowest BCUT2D eigenvalue weighted by atomic mass is 10.1. The summed E-state index contributed by atoms with van der Waals surface area (Å²) in [5.74, 6) is 5.98. The number of nitrogens with zero attached hydrogens (tertiary/aromatic N) is 3. The number of hydrogen-bond donors (Lipinski definition) is 2. The van der Waals surface area contributed by atoms with Gasteiger partial charge in [-0.3, -0.25) is 0 Å². The molecule has 0 radical (unpaired) electrons. The molecule has 2 aromatic heterocycles. The molecule has 0 amide bonds. The molecular formula is C27H32F3N5O3S. The number of pyridine rings is 1. The van der Waals surface area contributed by atoms with Gasteiger partial charge < -0.3 is 24.7 Å². The highest BCUT2D eigenvalue weighted by Crippen LogP contribution is 2.32. The summed E-state index contributed by atoms with van der Waals surface area (Å²) in [4.78, 5) is 6.78. The second kappa shape index (κ2) is 11.5. The molecule has 4 rings (SSSR count). The largest absolute Gasteiger partial charge is 0.495 e. The molecule has 1 aliphatic heterocycles. The van der Waals surface area contributed by atoms with Crippen molar-refractivity contribution in [3.8, 4) is 17.6 Å². The molecule has 1 saturated heterocycles. The van der Waals surface area contributed by atoms with E-state index in [9.17, 15) is 21.6 Å². The van der Waals surface area contributed by atoms with E-state index in [1.54, 1.807) is 18.3 Å². The van der Waals surface area contributed by atoms with Crippen LogP contribution in [0.3, 0.4) is 0 Å². The summed E-state index contributed by atoms with van der Waals surface area (Å²) in [6.45, 7) is 0.954. The number of ether oxygens (including phenoxy) is 1. The molecule has 39 heavy (non-hydrogen) atoms. The Morgan fingerprint density at radius 2 is 2.03 bits per heavy atom. The fourth-order valence-electron chi connectivity index (χ4n) is 4.83. The van der Waals surface area contributed by atoms with Crippen molar-refractivity contribution in [3.05, 3.63) is 53.5 Å². The SMILES string of the molecule is COc1cc(S(C)(=O)=O)ccc1NCC#Cc1nc2c([C@H]3CC[C@@H](CN(C)C)N3)cccn2c1CC(F)(F)F. The second-order valence-corrected chi connectivity index (χ2v) is 11.9. The molecule has 0 saturated carbocycles. The molecule has 210 valence electrons. The Labute approximate surface area is 226 Å². The minimum atomic E-state index is -4.43. The predicted octanol–water partition coefficient (Wildman–Crippen LogP) is 3.67. The van der Waals surface area contributed by atoms with Gasteiger partial charge >= 0.3 is 6.18 Å². The van der Waals surface area contributed by atoms with Gasteiger partial charge in [-0.2, -0.15) is 13.2 Å². The van der Waals surface area contributed by atoms with Crippen LogP contribution >= 0.6 is 0 Å². The van der Waals surface area contributed by atoms with E-state index < -0.39 is 22.4 Å². The van der Waals surface area contributed by atoms with E-state index in [2.05, 4.69) is 32.4 Å². The fourth-order valence-corrected chi connectivity index (χ4v) is 5.47. The third kappa shape index (κ3) is 7.03. The van der Waals surface area contributed by atoms with Gasteiger partial charge in [0, 0.05) is 42.7 Å². The fraction of sp³-hybridized carbons (Fsp3) is 0.444. The number of hydrogen-bond acceptors (Lipinski definition) is 7. The van der Waals surface area contributed by atoms with E-state index in [-0.39, 0.29) is 28.9 Å². The quantitative estimate of drug-likeness (QED) is 0.405. The van der Waals surface area contributed by atoms with E-state index in [0.29, 0.717) is 23.1 Å². The number of benzene rings is 1. The van der Waals surface area contributed by atoms with Crippen LogP contribution in [-0.4, -0.2) is 75.5 Å². The zero-order valence-corrected chi connectivity index (χ0v) is 23.1. The van der Waals surface area contributed by atoms with Crippen LogP contribution in [0.5, 0.6) is 5.75 Å². The Morgan fingerprint density at radius 1 is 1.26 bits per heavy atom. The van der Waals surface area contributed by atoms with Crippen LogP contribution in [0.15, 0.2) is 41.4 Å². The number of methoxy groups -OCH3 is 1. The van der Waals surface area contributed by atoms with Crippen LogP contribution in [0.2, 0.25) is 0 Å². The summed E-state index contributed by atoms with van der Waals surface area (Å²) in [6.07, 6.45) is -1.06. The summed E-state index contributed by atoms with van der Waals surface area (Å²) in [5.41, 5.74) is 1.89. The van der Waals surface area contributed by atoms with Gasteiger partial charge in [0.2, 0.25) is 0 Å². The monoisotopic (exact) mass is 563 g/mol. The van der Waals surface area contributed by atoms with Gasteiger partial charge in [0.05, 0.1) is 36.4 Å². The highest BCUT2D eigenvalue weighted by molar-refractivity contribution is 7.90. The molecule has 1 fully saturated rings. The van der Waals surface area contributed by atoms with Gasteiger partial charge in [-0.1, -0.05) is 12.0 Å². The summed E-state index contributed by atoms with van der Waals surface area (Å²) >= 11 is 0. The number of halogens is 3. The van der Waals surface area contributed by atoms with Gasteiger partial charge in [-0.15, -0.1) is 0 Å². The van der Waals surface area contributed by atoms with Crippen LogP contribution in [-0.2, 0) is 16.3 Å². The first-order chi connectivity index (χ1) is 18.4. The summed E-state index contributed by atoms with van der Waals surface area (Å²) in [7, 11) is 2.02. The van der Waals surface area contributed by atoms with Crippen molar-refractivity contribution < 1.29 is 26.3 Å². The maximum Gasteiger partial charge on any atom is 0.394 e. The molecule has 8 nitrogen and oxygen atoms in total. The molecule has 0 aliphatic carbocycles. The van der Waals surface area contributed by atoms with Crippen LogP contribution in [0.1, 0.15) is 35.8 Å². The summed E-state index contributed by atoms with van der Waals surface area (Å²) < 4.78 is 71.0. The summed E-state index contributed by atoms with van der Waals surface area (Å²) in [5, 5.41) is 6.62. The van der Waals surface area contributed by atoms with Gasteiger partial charge in [0.25, 0.3) is 0 Å². The molecule has 0 spiro atoms. The number of rotatable bonds is 8. The standard InChI is InChI=1S/C27H32F3N5O3S/c1-34(2)17-18-9-11-21(32-18)20-7-6-14-35-24(16-27(28,29)30)22(33-26(20)35)8-5-13-31-23-12-10-19(39(4,36)37)15-25(23)38-3/h6-7,10,12,14-15,18,21,31-32H,9,11,13,16-17H2,1-4H3/t18-,21+/m0/s1. The molecule has 1 aromatic carbocycles. The third-order valence-electron chi connectivity index (χ3n) is 6.52. The maximum absolute atomic E-state index is 13.5. The zero-order valence-electron chi connectivity index (χ0n) is 22.3. The smallest absolute Gasteiger partial charge is 0.394 e. The van der Waals surface area contributed by atoms with Crippen LogP contribution in [0, 0.1) is 11.8 Å². The van der Waals surface area contributed by atoms with Crippen LogP contribution in [0.4, 0.5) is 18.9 Å². The molecule has 12 heteroatoms.